The van der Waals surface area contributed by atoms with Crippen molar-refractivity contribution in [3.63, 3.8) is 0 Å². The van der Waals surface area contributed by atoms with E-state index in [4.69, 9.17) is 4.74 Å². The zero-order chi connectivity index (χ0) is 15.6. The Hall–Kier alpha value is -1.50. The van der Waals surface area contributed by atoms with Crippen LogP contribution in [0, 0.1) is 0 Å². The van der Waals surface area contributed by atoms with E-state index in [2.05, 4.69) is 0 Å². The average molecular weight is 335 g/mol. The summed E-state index contributed by atoms with van der Waals surface area (Å²) in [6.45, 7) is 0.526. The van der Waals surface area contributed by atoms with Crippen LogP contribution < -0.4 is 4.74 Å². The summed E-state index contributed by atoms with van der Waals surface area (Å²) in [5.74, 6) is 1.56. The molecule has 6 heteroatoms. The first-order valence-electron chi connectivity index (χ1n) is 6.95. The van der Waals surface area contributed by atoms with E-state index in [9.17, 15) is 8.42 Å². The SMILES string of the molecule is COc1ccc([C@H]2SCCN2S(=O)(=O)c2ccccc2)cc1. The van der Waals surface area contributed by atoms with Gasteiger partial charge in [-0.3, -0.25) is 0 Å². The first-order chi connectivity index (χ1) is 10.6. The molecule has 0 amide bonds. The van der Waals surface area contributed by atoms with Crippen LogP contribution in [0.25, 0.3) is 0 Å². The van der Waals surface area contributed by atoms with Crippen molar-refractivity contribution in [3.05, 3.63) is 60.2 Å². The Kier molecular flexibility index (Phi) is 4.42. The predicted molar refractivity (Wildman–Crippen MR) is 88.5 cm³/mol. The summed E-state index contributed by atoms with van der Waals surface area (Å²) in [6.07, 6.45) is 0. The lowest BCUT2D eigenvalue weighted by molar-refractivity contribution is 0.413. The first-order valence-corrected chi connectivity index (χ1v) is 9.44. The van der Waals surface area contributed by atoms with E-state index in [1.54, 1.807) is 47.4 Å². The van der Waals surface area contributed by atoms with Gasteiger partial charge in [-0.05, 0) is 29.8 Å². The second-order valence-corrected chi connectivity index (χ2v) is 8.00. The second kappa shape index (κ2) is 6.32. The van der Waals surface area contributed by atoms with E-state index in [-0.39, 0.29) is 5.37 Å². The van der Waals surface area contributed by atoms with Crippen LogP contribution in [0.2, 0.25) is 0 Å². The smallest absolute Gasteiger partial charge is 0.244 e. The highest BCUT2D eigenvalue weighted by molar-refractivity contribution is 8.01. The van der Waals surface area contributed by atoms with Crippen LogP contribution in [-0.2, 0) is 10.0 Å². The Balaban J connectivity index is 1.92. The Morgan fingerprint density at radius 2 is 1.77 bits per heavy atom. The largest absolute Gasteiger partial charge is 0.497 e. The summed E-state index contributed by atoms with van der Waals surface area (Å²) in [6, 6.07) is 16.2. The molecule has 0 saturated carbocycles. The molecule has 2 aromatic rings. The first kappa shape index (κ1) is 15.4. The van der Waals surface area contributed by atoms with E-state index >= 15 is 0 Å². The van der Waals surface area contributed by atoms with Gasteiger partial charge in [-0.25, -0.2) is 8.42 Å². The monoisotopic (exact) mass is 335 g/mol. The van der Waals surface area contributed by atoms with Crippen LogP contribution in [0.3, 0.4) is 0 Å². The van der Waals surface area contributed by atoms with Crippen molar-refractivity contribution in [2.75, 3.05) is 19.4 Å². The molecule has 116 valence electrons. The van der Waals surface area contributed by atoms with Gasteiger partial charge in [-0.1, -0.05) is 30.3 Å². The summed E-state index contributed by atoms with van der Waals surface area (Å²) >= 11 is 1.64. The molecule has 3 rings (SSSR count). The molecule has 1 saturated heterocycles. The number of ether oxygens (including phenoxy) is 1. The van der Waals surface area contributed by atoms with Gasteiger partial charge in [0.2, 0.25) is 10.0 Å². The molecule has 0 bridgehead atoms. The van der Waals surface area contributed by atoms with Crippen LogP contribution in [0.1, 0.15) is 10.9 Å². The summed E-state index contributed by atoms with van der Waals surface area (Å²) in [4.78, 5) is 0.344. The minimum atomic E-state index is -3.47. The van der Waals surface area contributed by atoms with Gasteiger partial charge in [0.1, 0.15) is 5.75 Å². The molecule has 1 fully saturated rings. The Bertz CT molecular complexity index is 730. The predicted octanol–water partition coefficient (Wildman–Crippen LogP) is 3.13. The van der Waals surface area contributed by atoms with Gasteiger partial charge in [0.05, 0.1) is 17.4 Å². The molecule has 0 N–H and O–H groups in total. The van der Waals surface area contributed by atoms with E-state index in [1.807, 2.05) is 30.3 Å². The lowest BCUT2D eigenvalue weighted by Gasteiger charge is -2.23. The van der Waals surface area contributed by atoms with Gasteiger partial charge in [0, 0.05) is 12.3 Å². The topological polar surface area (TPSA) is 46.6 Å². The third kappa shape index (κ3) is 2.86. The maximum atomic E-state index is 12.8. The number of benzene rings is 2. The fourth-order valence-corrected chi connectivity index (χ4v) is 5.72. The van der Waals surface area contributed by atoms with E-state index < -0.39 is 10.0 Å². The van der Waals surface area contributed by atoms with Crippen LogP contribution in [0.5, 0.6) is 5.75 Å². The summed E-state index contributed by atoms with van der Waals surface area (Å²) in [5.41, 5.74) is 0.975. The van der Waals surface area contributed by atoms with Gasteiger partial charge >= 0.3 is 0 Å². The number of sulfonamides is 1. The molecular formula is C16H17NO3S2. The molecule has 1 aliphatic heterocycles. The number of rotatable bonds is 4. The summed E-state index contributed by atoms with van der Waals surface area (Å²) in [7, 11) is -1.85. The van der Waals surface area contributed by atoms with Crippen LogP contribution in [0.4, 0.5) is 0 Å². The lowest BCUT2D eigenvalue weighted by Crippen LogP contribution is -2.30. The highest BCUT2D eigenvalue weighted by Gasteiger charge is 2.36. The van der Waals surface area contributed by atoms with Gasteiger partial charge in [0.15, 0.2) is 0 Å². The molecule has 0 aromatic heterocycles. The standard InChI is InChI=1S/C16H17NO3S2/c1-20-14-9-7-13(8-10-14)16-17(11-12-21-16)22(18,19)15-5-3-2-4-6-15/h2-10,16H,11-12H2,1H3/t16-/m1/s1. The minimum Gasteiger partial charge on any atom is -0.497 e. The highest BCUT2D eigenvalue weighted by atomic mass is 32.2. The van der Waals surface area contributed by atoms with Crippen LogP contribution in [-0.4, -0.2) is 32.1 Å². The van der Waals surface area contributed by atoms with Gasteiger partial charge < -0.3 is 4.74 Å². The zero-order valence-electron chi connectivity index (χ0n) is 12.2. The summed E-state index contributed by atoms with van der Waals surface area (Å²) < 4.78 is 32.4. The zero-order valence-corrected chi connectivity index (χ0v) is 13.8. The fourth-order valence-electron chi connectivity index (χ4n) is 2.46. The number of thioether (sulfide) groups is 1. The average Bonchev–Trinajstić information content (AvgIpc) is 3.06. The van der Waals surface area contributed by atoms with Gasteiger partial charge in [0.25, 0.3) is 0 Å². The third-order valence-corrected chi connectivity index (χ3v) is 6.87. The number of methoxy groups -OCH3 is 1. The second-order valence-electron chi connectivity index (χ2n) is 4.93. The molecule has 1 atom stereocenters. The quantitative estimate of drug-likeness (QED) is 0.861. The summed E-state index contributed by atoms with van der Waals surface area (Å²) in [5, 5.41) is -0.184. The van der Waals surface area contributed by atoms with Crippen molar-refractivity contribution in [2.24, 2.45) is 0 Å². The van der Waals surface area contributed by atoms with Crippen molar-refractivity contribution < 1.29 is 13.2 Å². The molecule has 1 aliphatic rings. The number of hydrogen-bond donors (Lipinski definition) is 0. The molecular weight excluding hydrogens is 318 g/mol. The van der Waals surface area contributed by atoms with Crippen LogP contribution in [0.15, 0.2) is 59.5 Å². The molecule has 0 spiro atoms. The lowest BCUT2D eigenvalue weighted by atomic mass is 10.2. The molecule has 0 aliphatic carbocycles. The van der Waals surface area contributed by atoms with Crippen molar-refractivity contribution in [1.82, 2.24) is 4.31 Å². The number of nitrogens with zero attached hydrogens (tertiary/aromatic N) is 1. The van der Waals surface area contributed by atoms with Gasteiger partial charge in [-0.2, -0.15) is 4.31 Å². The molecule has 22 heavy (non-hydrogen) atoms. The van der Waals surface area contributed by atoms with E-state index in [1.165, 1.54) is 0 Å². The Morgan fingerprint density at radius 3 is 2.41 bits per heavy atom. The normalized spacial score (nSPS) is 19.2. The maximum absolute atomic E-state index is 12.8. The van der Waals surface area contributed by atoms with Gasteiger partial charge in [-0.15, -0.1) is 11.8 Å². The van der Waals surface area contributed by atoms with Crippen molar-refractivity contribution in [2.45, 2.75) is 10.3 Å². The minimum absolute atomic E-state index is 0.184. The Labute approximate surface area is 135 Å². The van der Waals surface area contributed by atoms with Crippen molar-refractivity contribution in [3.8, 4) is 5.75 Å². The van der Waals surface area contributed by atoms with Crippen molar-refractivity contribution in [1.29, 1.82) is 0 Å². The molecule has 1 heterocycles. The van der Waals surface area contributed by atoms with E-state index in [0.717, 1.165) is 17.1 Å². The highest BCUT2D eigenvalue weighted by Crippen LogP contribution is 2.41. The molecule has 0 unspecified atom stereocenters. The third-order valence-electron chi connectivity index (χ3n) is 3.60. The Morgan fingerprint density at radius 1 is 1.09 bits per heavy atom. The van der Waals surface area contributed by atoms with Crippen LogP contribution >= 0.6 is 11.8 Å². The molecule has 2 aromatic carbocycles. The van der Waals surface area contributed by atoms with E-state index in [0.29, 0.717) is 11.4 Å². The number of hydrogen-bond acceptors (Lipinski definition) is 4. The fraction of sp³-hybridized carbons (Fsp3) is 0.250. The molecule has 4 nitrogen and oxygen atoms in total. The molecule has 0 radical (unpaired) electrons. The maximum Gasteiger partial charge on any atom is 0.244 e. The van der Waals surface area contributed by atoms with Crippen molar-refractivity contribution >= 4 is 21.8 Å².